The maximum Gasteiger partial charge on any atom is 0.0879 e. The van der Waals surface area contributed by atoms with Crippen LogP contribution in [0.5, 0.6) is 0 Å². The monoisotopic (exact) mass is 382 g/mol. The van der Waals surface area contributed by atoms with E-state index in [9.17, 15) is 0 Å². The van der Waals surface area contributed by atoms with Gasteiger partial charge in [0, 0.05) is 23.8 Å². The van der Waals surface area contributed by atoms with Gasteiger partial charge in [0.15, 0.2) is 0 Å². The van der Waals surface area contributed by atoms with Crippen LogP contribution in [0.3, 0.4) is 0 Å². The molecule has 1 heterocycles. The minimum Gasteiger partial charge on any atom is -0.351 e. The van der Waals surface area contributed by atoms with Gasteiger partial charge in [-0.1, -0.05) is 71.1 Å². The third kappa shape index (κ3) is 3.62. The Hall–Kier alpha value is -1.02. The Labute approximate surface area is 173 Å². The van der Waals surface area contributed by atoms with E-state index in [0.29, 0.717) is 12.2 Å². The molecule has 0 radical (unpaired) electrons. The van der Waals surface area contributed by atoms with E-state index in [1.807, 2.05) is 0 Å². The molecule has 1 aromatic carbocycles. The van der Waals surface area contributed by atoms with E-state index in [2.05, 4.69) is 68.7 Å². The van der Waals surface area contributed by atoms with Crippen molar-refractivity contribution in [2.24, 2.45) is 11.3 Å². The van der Waals surface area contributed by atoms with E-state index in [1.165, 1.54) is 69.0 Å². The fraction of sp³-hybridized carbons (Fsp3) is 0.769. The Morgan fingerprint density at radius 1 is 0.857 bits per heavy atom. The van der Waals surface area contributed by atoms with Crippen molar-refractivity contribution in [2.45, 2.75) is 117 Å². The molecule has 2 unspecified atom stereocenters. The van der Waals surface area contributed by atoms with Crippen LogP contribution in [0.25, 0.3) is 0 Å². The topological polar surface area (TPSA) is 6.48 Å². The molecule has 3 atom stereocenters. The van der Waals surface area contributed by atoms with Crippen LogP contribution in [0.1, 0.15) is 91.0 Å². The average Bonchev–Trinajstić information content (AvgIpc) is 3.28. The van der Waals surface area contributed by atoms with Crippen LogP contribution in [0.2, 0.25) is 0 Å². The molecule has 1 aliphatic heterocycles. The molecule has 2 nitrogen and oxygen atoms in total. The van der Waals surface area contributed by atoms with E-state index in [0.717, 1.165) is 18.0 Å². The second-order valence-corrected chi connectivity index (χ2v) is 10.9. The molecule has 1 aromatic rings. The second-order valence-electron chi connectivity index (χ2n) is 10.9. The first-order valence-corrected chi connectivity index (χ1v) is 12.0. The molecule has 3 fully saturated rings. The van der Waals surface area contributed by atoms with Gasteiger partial charge in [-0.3, -0.25) is 4.90 Å². The molecule has 0 spiro atoms. The molecule has 1 saturated heterocycles. The highest BCUT2D eigenvalue weighted by Gasteiger charge is 2.54. The lowest BCUT2D eigenvalue weighted by molar-refractivity contribution is 0.0257. The van der Waals surface area contributed by atoms with Gasteiger partial charge >= 0.3 is 0 Å². The summed E-state index contributed by atoms with van der Waals surface area (Å²) in [7, 11) is 0. The standard InChI is InChI=1S/C26H42N2/c1-19-13-9-12-18-23(19)27-20(2)24(21-14-10-11-15-21)28(25(27)26(3,4)5)22-16-7-6-8-17-22/h9,12-13,18,20-22,24-25H,6-8,10-11,14-17H2,1-5H3/t20-,24?,25?/m0/s1. The van der Waals surface area contributed by atoms with Gasteiger partial charge in [-0.15, -0.1) is 0 Å². The smallest absolute Gasteiger partial charge is 0.0879 e. The van der Waals surface area contributed by atoms with E-state index in [-0.39, 0.29) is 5.41 Å². The highest BCUT2D eigenvalue weighted by atomic mass is 15.5. The first-order chi connectivity index (χ1) is 13.4. The lowest BCUT2D eigenvalue weighted by Crippen LogP contribution is -2.54. The summed E-state index contributed by atoms with van der Waals surface area (Å²) in [5.41, 5.74) is 3.14. The molecule has 156 valence electrons. The molecule has 0 bridgehead atoms. The van der Waals surface area contributed by atoms with Crippen molar-refractivity contribution in [3.63, 3.8) is 0 Å². The predicted octanol–water partition coefficient (Wildman–Crippen LogP) is 6.77. The summed E-state index contributed by atoms with van der Waals surface area (Å²) in [5.74, 6) is 0.885. The number of aryl methyl sites for hydroxylation is 1. The minimum atomic E-state index is 0.237. The molecule has 2 heteroatoms. The van der Waals surface area contributed by atoms with E-state index in [1.54, 1.807) is 0 Å². The van der Waals surface area contributed by atoms with E-state index >= 15 is 0 Å². The summed E-state index contributed by atoms with van der Waals surface area (Å²) in [6, 6.07) is 11.2. The van der Waals surface area contributed by atoms with Crippen molar-refractivity contribution < 1.29 is 0 Å². The number of anilines is 1. The molecule has 2 aliphatic carbocycles. The number of rotatable bonds is 3. The van der Waals surface area contributed by atoms with Crippen molar-refractivity contribution in [1.82, 2.24) is 4.90 Å². The third-order valence-electron chi connectivity index (χ3n) is 7.87. The highest BCUT2D eigenvalue weighted by molar-refractivity contribution is 5.56. The Morgan fingerprint density at radius 2 is 1.46 bits per heavy atom. The normalized spacial score (nSPS) is 31.0. The molecule has 0 N–H and O–H groups in total. The number of hydrogen-bond acceptors (Lipinski definition) is 2. The van der Waals surface area contributed by atoms with Gasteiger partial charge in [-0.2, -0.15) is 0 Å². The molecular formula is C26H42N2. The summed E-state index contributed by atoms with van der Waals surface area (Å²) < 4.78 is 0. The largest absolute Gasteiger partial charge is 0.351 e. The van der Waals surface area contributed by atoms with Gasteiger partial charge in [0.25, 0.3) is 0 Å². The lowest BCUT2D eigenvalue weighted by Gasteiger charge is -2.47. The lowest BCUT2D eigenvalue weighted by atomic mass is 9.85. The maximum absolute atomic E-state index is 3.06. The molecule has 3 aliphatic rings. The molecule has 2 saturated carbocycles. The fourth-order valence-corrected chi connectivity index (χ4v) is 6.77. The zero-order chi connectivity index (χ0) is 19.9. The Kier molecular flexibility index (Phi) is 5.80. The Bertz CT molecular complexity index is 649. The van der Waals surface area contributed by atoms with Crippen LogP contribution in [0, 0.1) is 18.3 Å². The van der Waals surface area contributed by atoms with E-state index < -0.39 is 0 Å². The summed E-state index contributed by atoms with van der Waals surface area (Å²) in [5, 5.41) is 0. The van der Waals surface area contributed by atoms with Crippen LogP contribution in [0.15, 0.2) is 24.3 Å². The first kappa shape index (κ1) is 20.3. The minimum absolute atomic E-state index is 0.237. The zero-order valence-electron chi connectivity index (χ0n) is 19.0. The van der Waals surface area contributed by atoms with Crippen LogP contribution in [-0.2, 0) is 0 Å². The van der Waals surface area contributed by atoms with Crippen molar-refractivity contribution >= 4 is 5.69 Å². The molecule has 0 amide bonds. The predicted molar refractivity (Wildman–Crippen MR) is 121 cm³/mol. The number of benzene rings is 1. The molecule has 4 rings (SSSR count). The summed E-state index contributed by atoms with van der Waals surface area (Å²) >= 11 is 0. The SMILES string of the molecule is Cc1ccccc1N1C(C(C)(C)C)N(C2CCCCC2)C(C2CCCC2)[C@@H]1C. The molecular weight excluding hydrogens is 340 g/mol. The maximum atomic E-state index is 3.06. The Morgan fingerprint density at radius 3 is 2.07 bits per heavy atom. The molecule has 0 aromatic heterocycles. The summed E-state index contributed by atoms with van der Waals surface area (Å²) in [6.45, 7) is 12.3. The second kappa shape index (κ2) is 8.01. The quantitative estimate of drug-likeness (QED) is 0.569. The summed E-state index contributed by atoms with van der Waals surface area (Å²) in [4.78, 5) is 5.90. The average molecular weight is 383 g/mol. The van der Waals surface area contributed by atoms with Crippen LogP contribution in [-0.4, -0.2) is 29.2 Å². The van der Waals surface area contributed by atoms with Crippen molar-refractivity contribution in [2.75, 3.05) is 4.90 Å². The Balaban J connectivity index is 1.80. The molecule has 28 heavy (non-hydrogen) atoms. The summed E-state index contributed by atoms with van der Waals surface area (Å²) in [6.07, 6.45) is 13.4. The van der Waals surface area contributed by atoms with Crippen LogP contribution < -0.4 is 4.90 Å². The number of para-hydroxylation sites is 1. The van der Waals surface area contributed by atoms with Gasteiger partial charge in [0.1, 0.15) is 0 Å². The van der Waals surface area contributed by atoms with E-state index in [4.69, 9.17) is 0 Å². The van der Waals surface area contributed by atoms with Crippen molar-refractivity contribution in [3.8, 4) is 0 Å². The third-order valence-corrected chi connectivity index (χ3v) is 7.87. The van der Waals surface area contributed by atoms with Crippen LogP contribution in [0.4, 0.5) is 5.69 Å². The number of nitrogens with zero attached hydrogens (tertiary/aromatic N) is 2. The highest BCUT2D eigenvalue weighted by Crippen LogP contribution is 2.48. The van der Waals surface area contributed by atoms with Gasteiger partial charge in [-0.25, -0.2) is 0 Å². The van der Waals surface area contributed by atoms with Gasteiger partial charge < -0.3 is 4.90 Å². The first-order valence-electron chi connectivity index (χ1n) is 12.0. The van der Waals surface area contributed by atoms with Crippen molar-refractivity contribution in [1.29, 1.82) is 0 Å². The fourth-order valence-electron chi connectivity index (χ4n) is 6.77. The van der Waals surface area contributed by atoms with Crippen LogP contribution >= 0.6 is 0 Å². The number of hydrogen-bond donors (Lipinski definition) is 0. The van der Waals surface area contributed by atoms with Crippen molar-refractivity contribution in [3.05, 3.63) is 29.8 Å². The van der Waals surface area contributed by atoms with Gasteiger partial charge in [-0.05, 0) is 62.5 Å². The zero-order valence-corrected chi connectivity index (χ0v) is 19.0. The van der Waals surface area contributed by atoms with Gasteiger partial charge in [0.05, 0.1) is 6.17 Å². The van der Waals surface area contributed by atoms with Gasteiger partial charge in [0.2, 0.25) is 0 Å².